The van der Waals surface area contributed by atoms with Crippen molar-refractivity contribution in [2.75, 3.05) is 7.11 Å². The first-order valence-corrected chi connectivity index (χ1v) is 41.7. The van der Waals surface area contributed by atoms with Gasteiger partial charge in [-0.2, -0.15) is 0 Å². The van der Waals surface area contributed by atoms with Crippen molar-refractivity contribution in [3.05, 3.63) is 16.7 Å². The van der Waals surface area contributed by atoms with E-state index in [4.69, 9.17) is 4.74 Å². The Hall–Kier alpha value is 9.98. The van der Waals surface area contributed by atoms with Gasteiger partial charge in [-0.15, -0.1) is 0 Å². The maximum atomic E-state index is 6.02. The summed E-state index contributed by atoms with van der Waals surface area (Å²) in [5.41, 5.74) is 9.64. The van der Waals surface area contributed by atoms with E-state index < -0.39 is 0 Å². The molecule has 2 aromatic carbocycles. The van der Waals surface area contributed by atoms with Gasteiger partial charge in [-0.25, -0.2) is 0 Å². The van der Waals surface area contributed by atoms with Gasteiger partial charge in [0.2, 0.25) is 0 Å². The quantitative estimate of drug-likeness (QED) is 0.285. The molecule has 0 aromatic heterocycles. The average Bonchev–Trinajstić information content (AvgIpc) is 2.77. The fourth-order valence-electron chi connectivity index (χ4n) is 5.06. The van der Waals surface area contributed by atoms with Crippen LogP contribution in [-0.2, 0) is -4.50 Å². The van der Waals surface area contributed by atoms with Gasteiger partial charge >= 0.3 is 394 Å². The Labute approximate surface area is 378 Å². The Morgan fingerprint density at radius 2 is 1.12 bits per heavy atom. The summed E-state index contributed by atoms with van der Waals surface area (Å²) in [4.78, 5) is 0. The average molecular weight is 2020 g/mol. The summed E-state index contributed by atoms with van der Waals surface area (Å²) in [5.74, 6) is 1.44. The Balaban J connectivity index is 2.61. The van der Waals surface area contributed by atoms with Crippen LogP contribution in [0, 0.1) is 349 Å². The molecular weight excluding hydrogens is 2000 g/mol. The molecule has 0 heterocycles. The number of hydrogen-bond donors (Lipinski definition) is 0. The van der Waals surface area contributed by atoms with Crippen molar-refractivity contribution in [1.82, 2.24) is 0 Å². The zero-order valence-corrected chi connectivity index (χ0v) is 82.7. The van der Waals surface area contributed by atoms with Crippen LogP contribution in [-0.4, -0.2) is 7.11 Å². The molecule has 2 aromatic rings. The van der Waals surface area contributed by atoms with Crippen LogP contribution in [0.3, 0.4) is 0 Å². The predicted molar refractivity (Wildman–Crippen MR) is 72.9 cm³/mol. The molecule has 0 unspecified atom stereocenters. The van der Waals surface area contributed by atoms with Gasteiger partial charge in [-0.05, 0) is 0 Å². The zero-order valence-electron chi connectivity index (χ0n) is 16.9. The molecule has 9 heteroatoms. The molecule has 96 valence electrons. The number of methoxy groups -OCH3 is 1. The van der Waals surface area contributed by atoms with E-state index in [0.717, 1.165) is 0 Å². The molecule has 0 atom stereocenters. The number of hydrogen-bond acceptors (Lipinski definition) is 1. The molecule has 0 saturated heterocycles. The summed E-state index contributed by atoms with van der Waals surface area (Å²) in [6.45, 7) is 2.51. The van der Waals surface area contributed by atoms with Crippen molar-refractivity contribution < 1.29 is 347 Å². The van der Waals surface area contributed by atoms with Crippen LogP contribution in [0.1, 0.15) is 16.7 Å². The van der Waals surface area contributed by atoms with Gasteiger partial charge in [0.05, 0.1) is 0 Å². The first-order chi connectivity index (χ1) is 11.1. The first kappa shape index (κ1) is 28.6. The predicted octanol–water partition coefficient (Wildman–Crippen LogP) is -3.81. The third-order valence-corrected chi connectivity index (χ3v) is 79.1. The topological polar surface area (TPSA) is 9.23 Å². The van der Waals surface area contributed by atoms with Crippen molar-refractivity contribution in [1.29, 1.82) is 0 Å². The second-order valence-electron chi connectivity index (χ2n) is 8.03. The van der Waals surface area contributed by atoms with Gasteiger partial charge in [-0.1, -0.05) is 0 Å². The zero-order chi connectivity index (χ0) is 18.1. The molecule has 0 aliphatic heterocycles. The summed E-state index contributed by atoms with van der Waals surface area (Å²) >= 11 is 3.79. The molecule has 0 saturated carbocycles. The molecule has 0 bridgehead atoms. The minimum atomic E-state index is 0.393. The van der Waals surface area contributed by atoms with Crippen LogP contribution in [0.25, 0.3) is 11.1 Å². The molecule has 1 aliphatic rings. The molecule has 1 nitrogen and oxygen atoms in total. The molecule has 0 fully saturated rings. The summed E-state index contributed by atoms with van der Waals surface area (Å²) in [5, 5.41) is 0. The van der Waals surface area contributed by atoms with Crippen molar-refractivity contribution >= 4 is 3.63 Å². The molecule has 24 heavy (non-hydrogen) atoms. The first-order valence-electron chi connectivity index (χ1n) is 8.86. The van der Waals surface area contributed by atoms with E-state index in [1.165, 1.54) is 5.75 Å². The standard InChI is InChI=1S/C15H6O.8Ra.8H/c1-10-3-5-14-11(7-10)8-12-9-13(16-2)4-6-15(12)14;;;;;;;;;;;;;;;;/h1-2H3;;;;;;;;;;;;;;;;. The van der Waals surface area contributed by atoms with E-state index in [0.29, 0.717) is 338 Å². The van der Waals surface area contributed by atoms with E-state index in [-0.39, 0.29) is 0 Å². The molecule has 1 aliphatic carbocycles. The Bertz CT molecular complexity index is 904. The van der Waals surface area contributed by atoms with Crippen LogP contribution in [0.5, 0.6) is 5.75 Å². The van der Waals surface area contributed by atoms with Gasteiger partial charge in [0.15, 0.2) is 0 Å². The molecule has 0 spiro atoms. The molecule has 0 radical (unpaired) electrons. The monoisotopic (exact) mass is 2020 g/mol. The maximum absolute atomic E-state index is 6.02. The minimum absolute atomic E-state index is 0.393. The van der Waals surface area contributed by atoms with Crippen molar-refractivity contribution in [2.45, 2.75) is 2.42 Å². The summed E-state index contributed by atoms with van der Waals surface area (Å²) in [6.07, 6.45) is 0. The second kappa shape index (κ2) is 12.0. The fourth-order valence-corrected chi connectivity index (χ4v) is 89.7. The van der Waals surface area contributed by atoms with Gasteiger partial charge in [0.25, 0.3) is 0 Å². The molecule has 0 N–H and O–H groups in total. The number of ether oxygens (including phenoxy) is 1. The molecule has 3 rings (SSSR count). The second-order valence-corrected chi connectivity index (χ2v) is 82.9. The Morgan fingerprint density at radius 1 is 0.667 bits per heavy atom. The molecule has 0 amide bonds. The van der Waals surface area contributed by atoms with Crippen molar-refractivity contribution in [3.8, 4) is 16.9 Å². The van der Waals surface area contributed by atoms with Gasteiger partial charge in [0, 0.05) is 0 Å². The van der Waals surface area contributed by atoms with Crippen molar-refractivity contribution in [2.24, 2.45) is 0 Å². The van der Waals surface area contributed by atoms with E-state index >= 15 is 0 Å². The number of rotatable bonds is 1. The van der Waals surface area contributed by atoms with Crippen molar-refractivity contribution in [3.63, 3.8) is 0 Å². The van der Waals surface area contributed by atoms with E-state index in [1.54, 1.807) is 1.21 Å². The number of benzene rings is 2. The van der Waals surface area contributed by atoms with E-state index in [9.17, 15) is 0 Å². The normalized spacial score (nSPS) is 13.9. The number of fused-ring (bicyclic) bond motifs is 3. The Morgan fingerprint density at radius 3 is 1.62 bits per heavy atom. The van der Waals surface area contributed by atoms with Crippen LogP contribution in [0.4, 0.5) is 0 Å². The van der Waals surface area contributed by atoms with Crippen LogP contribution in [0.15, 0.2) is 0 Å². The van der Waals surface area contributed by atoms with Crippen LogP contribution in [0.2, 0.25) is 0 Å². The summed E-state index contributed by atoms with van der Waals surface area (Å²) < 4.78 is 18.1. The van der Waals surface area contributed by atoms with Gasteiger partial charge in [0.1, 0.15) is 0 Å². The van der Waals surface area contributed by atoms with Gasteiger partial charge in [-0.3, -0.25) is 0 Å². The van der Waals surface area contributed by atoms with E-state index in [2.05, 4.69) is 6.92 Å². The van der Waals surface area contributed by atoms with Gasteiger partial charge < -0.3 is 0 Å². The SMILES string of the molecule is COc1[c]([RaH])[c]([RaH])c2c([c]1[RaH])[C]([RaH])([RaH])c1[c]([RaH])c(C)[c]([RaH])[c]([RaH])c1-2. The summed E-state index contributed by atoms with van der Waals surface area (Å²) in [6, 6.07) is 0. The third kappa shape index (κ3) is 5.32. The fraction of sp³-hybridized carbons (Fsp3) is 0.200. The van der Waals surface area contributed by atoms with E-state index in [1.807, 2.05) is 37.3 Å². The summed E-state index contributed by atoms with van der Waals surface area (Å²) in [7, 11) is 1.96. The third-order valence-electron chi connectivity index (χ3n) is 6.64. The Kier molecular flexibility index (Phi) is 14.3. The van der Waals surface area contributed by atoms with Crippen LogP contribution >= 0.6 is 0 Å². The molecular formula is C15H14ORa8. The van der Waals surface area contributed by atoms with Crippen LogP contribution < -0.4 is 8.36 Å².